The number of hydrogen-bond donors (Lipinski definition) is 4. The Balaban J connectivity index is 2.05. The molecule has 1 aliphatic rings. The number of nitrogens with two attached hydrogens (primary N) is 1. The van der Waals surface area contributed by atoms with Gasteiger partial charge in [0.05, 0.1) is 12.1 Å². The number of urea groups is 1. The van der Waals surface area contributed by atoms with Crippen LogP contribution in [-0.2, 0) is 44.9 Å². The third-order valence-corrected chi connectivity index (χ3v) is 13.2. The minimum absolute atomic E-state index is 0.00700. The molecule has 1 saturated heterocycles. The average Bonchev–Trinajstić information content (AvgIpc) is 3.51. The Morgan fingerprint density at radius 3 is 2.00 bits per heavy atom. The van der Waals surface area contributed by atoms with Gasteiger partial charge in [0.1, 0.15) is 6.61 Å². The van der Waals surface area contributed by atoms with Crippen molar-refractivity contribution in [1.29, 1.82) is 0 Å². The molecule has 0 radical (unpaired) electrons. The number of amides is 8. The number of unbranched alkanes of at least 4 members (excludes halogenated alkanes) is 2. The van der Waals surface area contributed by atoms with E-state index in [0.29, 0.717) is 49.4 Å². The lowest BCUT2D eigenvalue weighted by Crippen LogP contribution is -2.48. The second-order valence-electron chi connectivity index (χ2n) is 19.5. The summed E-state index contributed by atoms with van der Waals surface area (Å²) in [5, 5.41) is 8.20. The Bertz CT molecular complexity index is 1850. The molecule has 1 aromatic carbocycles. The Hall–Kier alpha value is -5.35. The number of carbonyl (C=O) groups is 9. The van der Waals surface area contributed by atoms with Crippen LogP contribution in [0, 0.1) is 41.4 Å². The number of benzene rings is 1. The van der Waals surface area contributed by atoms with Gasteiger partial charge in [-0.1, -0.05) is 87.3 Å². The quantitative estimate of drug-likeness (QED) is 0.0505. The number of Topliss-reactive ketones (excluding diaryl/α,β-unsaturated/α-hetero) is 2. The van der Waals surface area contributed by atoms with E-state index in [-0.39, 0.29) is 110 Å². The predicted molar refractivity (Wildman–Crippen MR) is 257 cm³/mol. The lowest BCUT2D eigenvalue weighted by molar-refractivity contribution is -0.142. The number of nitrogens with one attached hydrogen (secondary N) is 3. The molecule has 1 unspecified atom stereocenters. The number of carbonyl (C=O) groups excluding carboxylic acids is 9. The van der Waals surface area contributed by atoms with Gasteiger partial charge in [-0.25, -0.2) is 9.59 Å². The first kappa shape index (κ1) is 57.8. The number of ketones is 2. The fourth-order valence-electron chi connectivity index (χ4n) is 8.39. The lowest BCUT2D eigenvalue weighted by atomic mass is 9.84. The largest absolute Gasteiger partial charge is 0.445 e. The Labute approximate surface area is 398 Å². The van der Waals surface area contributed by atoms with Crippen LogP contribution in [0.25, 0.3) is 0 Å². The zero-order valence-electron chi connectivity index (χ0n) is 42.3. The highest BCUT2D eigenvalue weighted by Gasteiger charge is 2.37. The summed E-state index contributed by atoms with van der Waals surface area (Å²) < 4.78 is 5.63. The summed E-state index contributed by atoms with van der Waals surface area (Å²) in [5.41, 5.74) is 6.26. The van der Waals surface area contributed by atoms with Crippen molar-refractivity contribution in [3.63, 3.8) is 0 Å². The number of likely N-dealkylation sites (tertiary alicyclic amines) is 1. The first-order chi connectivity index (χ1) is 31.4. The van der Waals surface area contributed by atoms with Gasteiger partial charge >= 0.3 is 12.1 Å². The van der Waals surface area contributed by atoms with E-state index < -0.39 is 42.0 Å². The summed E-state index contributed by atoms with van der Waals surface area (Å²) in [6, 6.07) is 4.26. The first-order valence-electron chi connectivity index (χ1n) is 24.2. The van der Waals surface area contributed by atoms with Gasteiger partial charge in [0.25, 0.3) is 0 Å². The van der Waals surface area contributed by atoms with Crippen LogP contribution in [0.3, 0.4) is 0 Å². The molecular weight excluding hydrogens is 859 g/mol. The first-order valence-corrected chi connectivity index (χ1v) is 24.2. The highest BCUT2D eigenvalue weighted by molar-refractivity contribution is 6.03. The number of ether oxygens (including phenoxy) is 1. The summed E-state index contributed by atoms with van der Waals surface area (Å²) in [7, 11) is 3.30. The van der Waals surface area contributed by atoms with Crippen LogP contribution in [0.1, 0.15) is 139 Å². The second-order valence-corrected chi connectivity index (χ2v) is 19.5. The van der Waals surface area contributed by atoms with Crippen molar-refractivity contribution in [1.82, 2.24) is 25.3 Å². The van der Waals surface area contributed by atoms with Gasteiger partial charge in [-0.3, -0.25) is 38.5 Å². The van der Waals surface area contributed by atoms with E-state index >= 15 is 0 Å². The summed E-state index contributed by atoms with van der Waals surface area (Å²) in [4.78, 5) is 121. The number of rotatable bonds is 29. The van der Waals surface area contributed by atoms with Crippen molar-refractivity contribution >= 4 is 58.9 Å². The van der Waals surface area contributed by atoms with E-state index in [2.05, 4.69) is 29.8 Å². The van der Waals surface area contributed by atoms with Crippen LogP contribution in [0.5, 0.6) is 0 Å². The number of likely N-dealkylation sites (N-methyl/N-ethyl adjacent to an activating group) is 1. The van der Waals surface area contributed by atoms with Crippen molar-refractivity contribution in [2.75, 3.05) is 32.5 Å². The van der Waals surface area contributed by atoms with Crippen LogP contribution in [-0.4, -0.2) is 113 Å². The van der Waals surface area contributed by atoms with Crippen molar-refractivity contribution < 1.29 is 47.9 Å². The van der Waals surface area contributed by atoms with Crippen molar-refractivity contribution in [3.05, 3.63) is 29.8 Å². The van der Waals surface area contributed by atoms with Gasteiger partial charge in [0, 0.05) is 82.4 Å². The number of nitrogens with zero attached hydrogens (tertiary/aromatic N) is 3. The second kappa shape index (κ2) is 28.1. The van der Waals surface area contributed by atoms with E-state index in [1.54, 1.807) is 57.0 Å². The maximum absolute atomic E-state index is 13.8. The number of imide groups is 1. The molecule has 0 saturated carbocycles. The lowest BCUT2D eigenvalue weighted by Gasteiger charge is -2.35. The minimum atomic E-state index is -0.848. The van der Waals surface area contributed by atoms with Crippen LogP contribution in [0.15, 0.2) is 24.3 Å². The molecule has 1 fully saturated rings. The molecule has 2 rings (SSSR count). The molecule has 7 atom stereocenters. The molecule has 1 heterocycles. The Morgan fingerprint density at radius 2 is 1.46 bits per heavy atom. The zero-order valence-corrected chi connectivity index (χ0v) is 42.3. The zero-order chi connectivity index (χ0) is 50.7. The number of anilines is 1. The van der Waals surface area contributed by atoms with Gasteiger partial charge in [0.2, 0.25) is 29.5 Å². The highest BCUT2D eigenvalue weighted by Crippen LogP contribution is 2.26. The summed E-state index contributed by atoms with van der Waals surface area (Å²) in [5.74, 6) is -3.69. The molecule has 0 bridgehead atoms. The Morgan fingerprint density at radius 1 is 0.821 bits per heavy atom. The molecule has 17 heteroatoms. The molecule has 0 aliphatic carbocycles. The van der Waals surface area contributed by atoms with Gasteiger partial charge in [-0.15, -0.1) is 0 Å². The third-order valence-electron chi connectivity index (χ3n) is 13.2. The van der Waals surface area contributed by atoms with Crippen molar-refractivity contribution in [2.24, 2.45) is 47.2 Å². The standard InChI is InChI=1S/C50H81N7O10/c1-13-33(8)35(10)55(11)48(64)39(30(2)3)28-41(59)45(32(6)7)56(12)50(66)67-29-36-20-22-38(23-21-36)53-46(62)37(18-17-24-52-49(51)65)27-40(58)44(31(4)5)54-42(60)19-15-14-16-25-57-43(61)26-34(9)47(57)63/h20-23,30-35,37,39,44-45H,13-19,24-29H2,1-12H3,(H,53,62)(H,54,60)(H3,51,52,65)/t33-,34?,35+,37+,39-,44-,45-/m0/s1. The maximum atomic E-state index is 13.8. The molecule has 5 N–H and O–H groups in total. The molecular formula is C50H81N7O10. The van der Waals surface area contributed by atoms with E-state index in [4.69, 9.17) is 10.5 Å². The van der Waals surface area contributed by atoms with Gasteiger partial charge in [-0.05, 0) is 74.0 Å². The van der Waals surface area contributed by atoms with E-state index in [9.17, 15) is 43.2 Å². The molecule has 1 aliphatic heterocycles. The topological polar surface area (TPSA) is 235 Å². The van der Waals surface area contributed by atoms with Crippen LogP contribution >= 0.6 is 0 Å². The molecule has 1 aromatic rings. The fourth-order valence-corrected chi connectivity index (χ4v) is 8.39. The molecule has 8 amide bonds. The predicted octanol–water partition coefficient (Wildman–Crippen LogP) is 6.46. The highest BCUT2D eigenvalue weighted by atomic mass is 16.6. The van der Waals surface area contributed by atoms with Gasteiger partial charge in [0.15, 0.2) is 11.6 Å². The summed E-state index contributed by atoms with van der Waals surface area (Å²) in [6.45, 7) is 19.5. The van der Waals surface area contributed by atoms with E-state index in [1.165, 1.54) is 16.8 Å². The van der Waals surface area contributed by atoms with Crippen LogP contribution < -0.4 is 21.7 Å². The van der Waals surface area contributed by atoms with Crippen LogP contribution in [0.2, 0.25) is 0 Å². The molecule has 0 aromatic heterocycles. The molecule has 376 valence electrons. The van der Waals surface area contributed by atoms with Gasteiger partial charge < -0.3 is 36.2 Å². The SMILES string of the molecule is CC[C@H](C)[C@@H](C)N(C)C(=O)[C@@H](CC(=O)[C@H](C(C)C)N(C)C(=O)OCc1ccc(NC(=O)[C@H](CCCNC(N)=O)CC(=O)[C@@H](NC(=O)CCCCCN2C(=O)CC(C)C2=O)C(C)C)cc1)C(C)C. The van der Waals surface area contributed by atoms with Gasteiger partial charge in [-0.2, -0.15) is 0 Å². The average molecular weight is 940 g/mol. The third kappa shape index (κ3) is 18.3. The monoisotopic (exact) mass is 940 g/mol. The maximum Gasteiger partial charge on any atom is 0.410 e. The summed E-state index contributed by atoms with van der Waals surface area (Å²) in [6.07, 6.45) is 2.70. The number of primary amides is 1. The number of hydrogen-bond acceptors (Lipinski definition) is 10. The molecule has 0 spiro atoms. The smallest absolute Gasteiger partial charge is 0.410 e. The minimum Gasteiger partial charge on any atom is -0.445 e. The normalized spacial score (nSPS) is 16.5. The van der Waals surface area contributed by atoms with E-state index in [0.717, 1.165) is 6.42 Å². The van der Waals surface area contributed by atoms with E-state index in [1.807, 2.05) is 34.6 Å². The molecule has 67 heavy (non-hydrogen) atoms. The summed E-state index contributed by atoms with van der Waals surface area (Å²) >= 11 is 0. The van der Waals surface area contributed by atoms with Crippen molar-refractivity contribution in [3.8, 4) is 0 Å². The Kier molecular flexibility index (Phi) is 24.2. The van der Waals surface area contributed by atoms with Crippen molar-refractivity contribution in [2.45, 2.75) is 158 Å². The fraction of sp³-hybridized carbons (Fsp3) is 0.700. The van der Waals surface area contributed by atoms with Crippen LogP contribution in [0.4, 0.5) is 15.3 Å². The molecule has 17 nitrogen and oxygen atoms in total.